The Morgan fingerprint density at radius 2 is 1.59 bits per heavy atom. The Morgan fingerprint density at radius 3 is 2.12 bits per heavy atom. The van der Waals surface area contributed by atoms with Gasteiger partial charge in [0.25, 0.3) is 5.92 Å². The number of hydrogen-bond acceptors (Lipinski definition) is 5. The van der Waals surface area contributed by atoms with E-state index in [0.29, 0.717) is 17.9 Å². The minimum atomic E-state index is -4.81. The summed E-state index contributed by atoms with van der Waals surface area (Å²) in [6, 6.07) is 20.5. The molecule has 0 aliphatic heterocycles. The molecule has 0 unspecified atom stereocenters. The summed E-state index contributed by atoms with van der Waals surface area (Å²) >= 11 is 0. The van der Waals surface area contributed by atoms with Crippen LogP contribution in [-0.2, 0) is 21.5 Å². The number of fused-ring (bicyclic) bond motifs is 3. The van der Waals surface area contributed by atoms with E-state index in [1.807, 2.05) is 36.4 Å². The largest absolute Gasteiger partial charge is 0.417 e. The van der Waals surface area contributed by atoms with Crippen LogP contribution >= 0.6 is 0 Å². The molecule has 5 aliphatic rings. The Balaban J connectivity index is 1.11. The molecule has 1 aromatic heterocycles. The predicted octanol–water partition coefficient (Wildman–Crippen LogP) is 8.82. The number of nitriles is 1. The zero-order chi connectivity index (χ0) is 34.9. The lowest BCUT2D eigenvalue weighted by Gasteiger charge is -2.55. The number of anilines is 3. The molecule has 1 heterocycles. The monoisotopic (exact) mass is 678 g/mol. The molecular formula is C38H39F5N4O2. The third-order valence-electron chi connectivity index (χ3n) is 11.9. The number of hydrogen-bond donors (Lipinski definition) is 2. The number of rotatable bonds is 9. The Kier molecular flexibility index (Phi) is 7.86. The second-order valence-electron chi connectivity index (χ2n) is 15.1. The van der Waals surface area contributed by atoms with Gasteiger partial charge in [0.2, 0.25) is 5.91 Å². The minimum Gasteiger partial charge on any atom is -0.380 e. The van der Waals surface area contributed by atoms with Gasteiger partial charge in [-0.05, 0) is 118 Å². The highest BCUT2D eigenvalue weighted by molar-refractivity contribution is 5.96. The van der Waals surface area contributed by atoms with Crippen LogP contribution in [0.2, 0.25) is 0 Å². The number of carbonyl (C=O) groups excluding carboxylic acids is 1. The maximum absolute atomic E-state index is 14.0. The van der Waals surface area contributed by atoms with Crippen molar-refractivity contribution < 1.29 is 31.9 Å². The molecule has 5 aliphatic carbocycles. The van der Waals surface area contributed by atoms with Gasteiger partial charge in [0.1, 0.15) is 0 Å². The highest BCUT2D eigenvalue weighted by atomic mass is 19.4. The number of amides is 1. The van der Waals surface area contributed by atoms with Crippen LogP contribution < -0.4 is 10.2 Å². The summed E-state index contributed by atoms with van der Waals surface area (Å²) < 4.78 is 68.2. The van der Waals surface area contributed by atoms with Crippen LogP contribution in [0, 0.1) is 22.7 Å². The lowest BCUT2D eigenvalue weighted by atomic mass is 9.52. The van der Waals surface area contributed by atoms with Gasteiger partial charge in [0.05, 0.1) is 11.5 Å². The zero-order valence-corrected chi connectivity index (χ0v) is 27.3. The molecule has 3 aromatic rings. The topological polar surface area (TPSA) is 89.3 Å². The molecule has 0 atom stereocenters. The summed E-state index contributed by atoms with van der Waals surface area (Å²) in [5.74, 6) is -4.37. The Morgan fingerprint density at radius 1 is 0.939 bits per heavy atom. The number of halogens is 5. The molecule has 6 nitrogen and oxygen atoms in total. The van der Waals surface area contributed by atoms with Gasteiger partial charge in [0.15, 0.2) is 5.60 Å². The first-order valence-electron chi connectivity index (χ1n) is 16.9. The van der Waals surface area contributed by atoms with Gasteiger partial charge in [0, 0.05) is 59.3 Å². The van der Waals surface area contributed by atoms with Crippen LogP contribution in [0.4, 0.5) is 39.0 Å². The van der Waals surface area contributed by atoms with Crippen LogP contribution in [0.5, 0.6) is 0 Å². The highest BCUT2D eigenvalue weighted by Crippen LogP contribution is 2.58. The lowest BCUT2D eigenvalue weighted by Crippen LogP contribution is -2.60. The van der Waals surface area contributed by atoms with Crippen LogP contribution in [0.15, 0.2) is 66.9 Å². The lowest BCUT2D eigenvalue weighted by molar-refractivity contribution is -0.295. The van der Waals surface area contributed by atoms with E-state index >= 15 is 0 Å². The van der Waals surface area contributed by atoms with Gasteiger partial charge in [-0.25, -0.2) is 8.78 Å². The second kappa shape index (κ2) is 11.5. The fraction of sp³-hybridized carbons (Fsp3) is 0.500. The quantitative estimate of drug-likeness (QED) is 0.221. The van der Waals surface area contributed by atoms with Gasteiger partial charge >= 0.3 is 6.18 Å². The number of nitrogens with one attached hydrogen (secondary N) is 1. The fourth-order valence-corrected chi connectivity index (χ4v) is 8.25. The predicted molar refractivity (Wildman–Crippen MR) is 174 cm³/mol. The van der Waals surface area contributed by atoms with Crippen molar-refractivity contribution in [3.05, 3.63) is 83.7 Å². The van der Waals surface area contributed by atoms with Crippen molar-refractivity contribution in [2.75, 3.05) is 16.8 Å². The molecule has 0 spiro atoms. The number of pyridine rings is 1. The van der Waals surface area contributed by atoms with E-state index in [1.165, 1.54) is 12.3 Å². The van der Waals surface area contributed by atoms with Crippen molar-refractivity contribution in [1.29, 1.82) is 5.26 Å². The van der Waals surface area contributed by atoms with Crippen molar-refractivity contribution >= 4 is 23.0 Å². The van der Waals surface area contributed by atoms with E-state index in [0.717, 1.165) is 75.2 Å². The van der Waals surface area contributed by atoms with Crippen LogP contribution in [0.25, 0.3) is 0 Å². The minimum absolute atomic E-state index is 0.129. The summed E-state index contributed by atoms with van der Waals surface area (Å²) in [4.78, 5) is 20.1. The van der Waals surface area contributed by atoms with E-state index in [4.69, 9.17) is 0 Å². The smallest absolute Gasteiger partial charge is 0.380 e. The second-order valence-corrected chi connectivity index (χ2v) is 15.1. The van der Waals surface area contributed by atoms with Crippen LogP contribution in [0.1, 0.15) is 88.0 Å². The standard InChI is InChI=1S/C38H39F5N4O2/c1-33(39,40)27-7-10-31(45-22-27)35-14-11-34(12-15-35,13-16-35)24-47(32(48)25-20-37(49,21-25)38(41,42)43)30-4-2-3-29(19-30)46-28-8-5-26(6-9-28)36(23-44)17-18-36/h2-10,19,22,25,46,49H,11-18,20-21,24H2,1H3. The maximum atomic E-state index is 14.0. The number of aliphatic hydroxyl groups is 1. The number of alkyl halides is 5. The van der Waals surface area contributed by atoms with Crippen molar-refractivity contribution in [1.82, 2.24) is 4.98 Å². The van der Waals surface area contributed by atoms with Crippen LogP contribution in [-0.4, -0.2) is 34.3 Å². The maximum Gasteiger partial charge on any atom is 0.417 e. The van der Waals surface area contributed by atoms with Gasteiger partial charge < -0.3 is 15.3 Å². The van der Waals surface area contributed by atoms with Crippen molar-refractivity contribution in [3.63, 3.8) is 0 Å². The summed E-state index contributed by atoms with van der Waals surface area (Å²) in [5, 5.41) is 23.1. The fourth-order valence-electron chi connectivity index (χ4n) is 8.25. The van der Waals surface area contributed by atoms with Gasteiger partial charge in [-0.2, -0.15) is 18.4 Å². The number of benzene rings is 2. The van der Waals surface area contributed by atoms with Gasteiger partial charge in [-0.15, -0.1) is 0 Å². The molecule has 5 saturated carbocycles. The molecule has 49 heavy (non-hydrogen) atoms. The van der Waals surface area contributed by atoms with E-state index in [1.54, 1.807) is 23.1 Å². The first-order chi connectivity index (χ1) is 23.1. The molecular weight excluding hydrogens is 639 g/mol. The summed E-state index contributed by atoms with van der Waals surface area (Å²) in [5.41, 5.74) is -0.0700. The Labute approximate surface area is 282 Å². The average molecular weight is 679 g/mol. The molecule has 258 valence electrons. The van der Waals surface area contributed by atoms with Gasteiger partial charge in [-0.3, -0.25) is 9.78 Å². The Bertz CT molecular complexity index is 1740. The Hall–Kier alpha value is -4.04. The van der Waals surface area contributed by atoms with E-state index in [2.05, 4.69) is 16.4 Å². The molecule has 5 fully saturated rings. The molecule has 0 radical (unpaired) electrons. The van der Waals surface area contributed by atoms with Gasteiger partial charge in [-0.1, -0.05) is 18.2 Å². The molecule has 2 bridgehead atoms. The van der Waals surface area contributed by atoms with Crippen molar-refractivity contribution in [2.24, 2.45) is 11.3 Å². The third-order valence-corrected chi connectivity index (χ3v) is 11.9. The highest BCUT2D eigenvalue weighted by Gasteiger charge is 2.63. The molecule has 1 amide bonds. The summed E-state index contributed by atoms with van der Waals surface area (Å²) in [6.07, 6.45) is 1.38. The molecule has 2 aromatic carbocycles. The first-order valence-corrected chi connectivity index (χ1v) is 16.9. The zero-order valence-electron chi connectivity index (χ0n) is 27.3. The normalized spacial score (nSPS) is 28.7. The summed E-state index contributed by atoms with van der Waals surface area (Å²) in [6.45, 7) is 1.17. The van der Waals surface area contributed by atoms with Crippen LogP contribution in [0.3, 0.4) is 0 Å². The molecule has 8 rings (SSSR count). The number of nitrogens with zero attached hydrogens (tertiary/aromatic N) is 3. The molecule has 11 heteroatoms. The first kappa shape index (κ1) is 33.5. The van der Waals surface area contributed by atoms with Crippen molar-refractivity contribution in [3.8, 4) is 6.07 Å². The van der Waals surface area contributed by atoms with E-state index < -0.39 is 47.8 Å². The number of aromatic nitrogens is 1. The van der Waals surface area contributed by atoms with E-state index in [9.17, 15) is 37.1 Å². The van der Waals surface area contributed by atoms with E-state index in [-0.39, 0.29) is 16.4 Å². The SMILES string of the molecule is CC(F)(F)c1ccc(C23CCC(CN(C(=O)C4CC(O)(C(F)(F)F)C4)c4cccc(Nc5ccc(C6(C#N)CC6)cc5)c4)(CC2)CC3)nc1. The summed E-state index contributed by atoms with van der Waals surface area (Å²) in [7, 11) is 0. The van der Waals surface area contributed by atoms with Crippen molar-refractivity contribution in [2.45, 2.75) is 99.7 Å². The molecule has 0 saturated heterocycles. The third kappa shape index (κ3) is 6.07. The average Bonchev–Trinajstić information content (AvgIpc) is 3.87. The number of carbonyl (C=O) groups is 1. The molecule has 2 N–H and O–H groups in total.